The topological polar surface area (TPSA) is 60.5 Å². The van der Waals surface area contributed by atoms with Crippen LogP contribution in [0.1, 0.15) is 19.4 Å². The van der Waals surface area contributed by atoms with Crippen LogP contribution in [-0.4, -0.2) is 30.7 Å². The van der Waals surface area contributed by atoms with Crippen molar-refractivity contribution in [2.45, 2.75) is 26.5 Å². The lowest BCUT2D eigenvalue weighted by Gasteiger charge is -2.09. The molecule has 0 saturated carbocycles. The first-order chi connectivity index (χ1) is 8.11. The van der Waals surface area contributed by atoms with Gasteiger partial charge in [-0.3, -0.25) is 4.79 Å². The van der Waals surface area contributed by atoms with Crippen molar-refractivity contribution in [2.24, 2.45) is 0 Å². The van der Waals surface area contributed by atoms with E-state index in [1.54, 1.807) is 12.3 Å². The van der Waals surface area contributed by atoms with Gasteiger partial charge in [0.15, 0.2) is 0 Å². The predicted molar refractivity (Wildman–Crippen MR) is 63.7 cm³/mol. The summed E-state index contributed by atoms with van der Waals surface area (Å²) in [6.07, 6.45) is 1.79. The molecule has 17 heavy (non-hydrogen) atoms. The second-order valence-electron chi connectivity index (χ2n) is 3.88. The first-order valence-electron chi connectivity index (χ1n) is 5.49. The Morgan fingerprint density at radius 2 is 2.24 bits per heavy atom. The zero-order valence-corrected chi connectivity index (χ0v) is 10.4. The number of carbonyl (C=O) groups excluding carboxylic acids is 1. The van der Waals surface area contributed by atoms with Gasteiger partial charge >= 0.3 is 0 Å². The van der Waals surface area contributed by atoms with Crippen molar-refractivity contribution < 1.29 is 14.3 Å². The van der Waals surface area contributed by atoms with Crippen molar-refractivity contribution in [3.63, 3.8) is 0 Å². The van der Waals surface area contributed by atoms with Gasteiger partial charge < -0.3 is 14.8 Å². The van der Waals surface area contributed by atoms with Crippen molar-refractivity contribution in [3.05, 3.63) is 23.9 Å². The number of methoxy groups -OCH3 is 1. The van der Waals surface area contributed by atoms with Crippen LogP contribution in [0.4, 0.5) is 0 Å². The first kappa shape index (κ1) is 13.4. The van der Waals surface area contributed by atoms with Gasteiger partial charge in [0.05, 0.1) is 6.10 Å². The van der Waals surface area contributed by atoms with Gasteiger partial charge in [-0.05, 0) is 19.4 Å². The molecule has 0 unspecified atom stereocenters. The summed E-state index contributed by atoms with van der Waals surface area (Å²) < 4.78 is 10.1. The van der Waals surface area contributed by atoms with E-state index < -0.39 is 0 Å². The van der Waals surface area contributed by atoms with Crippen LogP contribution in [0, 0.1) is 0 Å². The van der Waals surface area contributed by atoms with Crippen molar-refractivity contribution in [3.8, 4) is 5.88 Å². The number of aromatic nitrogens is 1. The number of pyridine rings is 1. The number of rotatable bonds is 6. The first-order valence-corrected chi connectivity index (χ1v) is 5.49. The van der Waals surface area contributed by atoms with E-state index in [-0.39, 0.29) is 18.6 Å². The van der Waals surface area contributed by atoms with E-state index in [2.05, 4.69) is 10.3 Å². The predicted octanol–water partition coefficient (Wildman–Crippen LogP) is 1.13. The molecule has 1 aromatic heterocycles. The number of amides is 1. The molecule has 0 spiro atoms. The molecule has 0 fully saturated rings. The van der Waals surface area contributed by atoms with Gasteiger partial charge in [-0.1, -0.05) is 6.07 Å². The van der Waals surface area contributed by atoms with E-state index in [9.17, 15) is 4.79 Å². The second-order valence-corrected chi connectivity index (χ2v) is 3.88. The summed E-state index contributed by atoms with van der Waals surface area (Å²) in [7, 11) is 1.49. The van der Waals surface area contributed by atoms with Gasteiger partial charge in [0.1, 0.15) is 6.61 Å². The normalized spacial score (nSPS) is 10.4. The average Bonchev–Trinajstić information content (AvgIpc) is 2.28. The highest BCUT2D eigenvalue weighted by atomic mass is 16.5. The number of nitrogens with zero attached hydrogens (tertiary/aromatic N) is 1. The molecule has 0 aliphatic heterocycles. The van der Waals surface area contributed by atoms with Gasteiger partial charge in [0.25, 0.3) is 0 Å². The third-order valence-electron chi connectivity index (χ3n) is 1.92. The molecule has 0 bridgehead atoms. The molecule has 1 aromatic rings. The van der Waals surface area contributed by atoms with Crippen molar-refractivity contribution in [1.29, 1.82) is 0 Å². The lowest BCUT2D eigenvalue weighted by molar-refractivity contribution is -0.124. The fourth-order valence-corrected chi connectivity index (χ4v) is 1.21. The molecule has 1 heterocycles. The zero-order chi connectivity index (χ0) is 12.7. The maximum absolute atomic E-state index is 11.1. The lowest BCUT2D eigenvalue weighted by Crippen LogP contribution is -2.26. The van der Waals surface area contributed by atoms with Crippen molar-refractivity contribution in [1.82, 2.24) is 10.3 Å². The summed E-state index contributed by atoms with van der Waals surface area (Å²) in [4.78, 5) is 15.3. The molecule has 0 radical (unpaired) electrons. The maximum atomic E-state index is 11.1. The average molecular weight is 238 g/mol. The Morgan fingerprint density at radius 1 is 1.47 bits per heavy atom. The van der Waals surface area contributed by atoms with Crippen LogP contribution >= 0.6 is 0 Å². The van der Waals surface area contributed by atoms with E-state index in [1.807, 2.05) is 19.9 Å². The molecular formula is C12H18N2O3. The van der Waals surface area contributed by atoms with Gasteiger partial charge in [-0.2, -0.15) is 0 Å². The van der Waals surface area contributed by atoms with E-state index in [4.69, 9.17) is 9.47 Å². The standard InChI is InChI=1S/C12H18N2O3/c1-9(2)17-12-5-4-10(7-14-12)6-13-11(15)8-16-3/h4-5,7,9H,6,8H2,1-3H3,(H,13,15). The lowest BCUT2D eigenvalue weighted by atomic mass is 10.3. The SMILES string of the molecule is COCC(=O)NCc1ccc(OC(C)C)nc1. The Labute approximate surface area is 101 Å². The number of hydrogen-bond acceptors (Lipinski definition) is 4. The summed E-state index contributed by atoms with van der Waals surface area (Å²) in [6, 6.07) is 3.66. The summed E-state index contributed by atoms with van der Waals surface area (Å²) in [6.45, 7) is 4.40. The molecule has 1 rings (SSSR count). The molecule has 1 N–H and O–H groups in total. The number of hydrogen-bond donors (Lipinski definition) is 1. The zero-order valence-electron chi connectivity index (χ0n) is 10.4. The van der Waals surface area contributed by atoms with Crippen LogP contribution in [0.5, 0.6) is 5.88 Å². The Morgan fingerprint density at radius 3 is 2.76 bits per heavy atom. The highest BCUT2D eigenvalue weighted by Gasteiger charge is 2.02. The minimum absolute atomic E-state index is 0.0714. The number of carbonyl (C=O) groups is 1. The van der Waals surface area contributed by atoms with Crippen LogP contribution in [0.15, 0.2) is 18.3 Å². The summed E-state index contributed by atoms with van der Waals surface area (Å²) in [5.41, 5.74) is 0.922. The molecule has 5 heteroatoms. The Hall–Kier alpha value is -1.62. The molecule has 5 nitrogen and oxygen atoms in total. The number of nitrogens with one attached hydrogen (secondary N) is 1. The molecule has 0 saturated heterocycles. The monoisotopic (exact) mass is 238 g/mol. The molecule has 0 aromatic carbocycles. The fourth-order valence-electron chi connectivity index (χ4n) is 1.21. The Kier molecular flexibility index (Phi) is 5.42. The van der Waals surface area contributed by atoms with Crippen LogP contribution in [0.25, 0.3) is 0 Å². The molecule has 0 aliphatic rings. The van der Waals surface area contributed by atoms with Gasteiger partial charge in [0.2, 0.25) is 11.8 Å². The summed E-state index contributed by atoms with van der Waals surface area (Å²) >= 11 is 0. The number of ether oxygens (including phenoxy) is 2. The third kappa shape index (κ3) is 5.31. The summed E-state index contributed by atoms with van der Waals surface area (Å²) in [5, 5.41) is 2.72. The highest BCUT2D eigenvalue weighted by molar-refractivity contribution is 5.77. The van der Waals surface area contributed by atoms with E-state index >= 15 is 0 Å². The highest BCUT2D eigenvalue weighted by Crippen LogP contribution is 2.09. The smallest absolute Gasteiger partial charge is 0.246 e. The maximum Gasteiger partial charge on any atom is 0.246 e. The van der Waals surface area contributed by atoms with E-state index in [1.165, 1.54) is 7.11 Å². The second kappa shape index (κ2) is 6.85. The molecule has 0 aliphatic carbocycles. The van der Waals surface area contributed by atoms with E-state index in [0.29, 0.717) is 12.4 Å². The third-order valence-corrected chi connectivity index (χ3v) is 1.92. The summed E-state index contributed by atoms with van der Waals surface area (Å²) in [5.74, 6) is 0.446. The van der Waals surface area contributed by atoms with E-state index in [0.717, 1.165) is 5.56 Å². The van der Waals surface area contributed by atoms with Crippen LogP contribution in [0.3, 0.4) is 0 Å². The minimum atomic E-state index is -0.144. The Balaban J connectivity index is 2.42. The molecule has 0 atom stereocenters. The quantitative estimate of drug-likeness (QED) is 0.807. The minimum Gasteiger partial charge on any atom is -0.475 e. The molecular weight excluding hydrogens is 220 g/mol. The van der Waals surface area contributed by atoms with Crippen LogP contribution in [0.2, 0.25) is 0 Å². The molecule has 94 valence electrons. The Bertz CT molecular complexity index is 349. The molecule has 1 amide bonds. The van der Waals surface area contributed by atoms with Crippen LogP contribution < -0.4 is 10.1 Å². The van der Waals surface area contributed by atoms with Gasteiger partial charge in [-0.25, -0.2) is 4.98 Å². The van der Waals surface area contributed by atoms with Crippen LogP contribution in [-0.2, 0) is 16.1 Å². The fraction of sp³-hybridized carbons (Fsp3) is 0.500. The van der Waals surface area contributed by atoms with Crippen molar-refractivity contribution in [2.75, 3.05) is 13.7 Å². The largest absolute Gasteiger partial charge is 0.475 e. The van der Waals surface area contributed by atoms with Gasteiger partial charge in [-0.15, -0.1) is 0 Å². The van der Waals surface area contributed by atoms with Crippen molar-refractivity contribution >= 4 is 5.91 Å². The van der Waals surface area contributed by atoms with Gasteiger partial charge in [0, 0.05) is 25.9 Å².